The molecule has 2 rings (SSSR count). The number of benzene rings is 1. The van der Waals surface area contributed by atoms with E-state index in [0.717, 1.165) is 16.3 Å². The van der Waals surface area contributed by atoms with Crippen LogP contribution in [0.2, 0.25) is 0 Å². The van der Waals surface area contributed by atoms with Crippen molar-refractivity contribution in [2.24, 2.45) is 4.99 Å². The van der Waals surface area contributed by atoms with Crippen molar-refractivity contribution in [1.82, 2.24) is 15.6 Å². The summed E-state index contributed by atoms with van der Waals surface area (Å²) in [6, 6.07) is 4.96. The van der Waals surface area contributed by atoms with Crippen molar-refractivity contribution >= 4 is 17.3 Å². The predicted molar refractivity (Wildman–Crippen MR) is 96.2 cm³/mol. The number of ether oxygens (including phenoxy) is 1. The Morgan fingerprint density at radius 2 is 2.04 bits per heavy atom. The van der Waals surface area contributed by atoms with Crippen molar-refractivity contribution in [3.05, 3.63) is 45.2 Å². The maximum atomic E-state index is 13.9. The Bertz CT molecular complexity index is 715. The number of aryl methyl sites for hydroxylation is 2. The Balaban J connectivity index is 1.89. The summed E-state index contributed by atoms with van der Waals surface area (Å²) in [5.74, 6) is 0.587. The Morgan fingerprint density at radius 3 is 2.62 bits per heavy atom. The highest BCUT2D eigenvalue weighted by molar-refractivity contribution is 7.11. The van der Waals surface area contributed by atoms with E-state index in [0.29, 0.717) is 25.7 Å². The van der Waals surface area contributed by atoms with E-state index in [9.17, 15) is 4.39 Å². The molecule has 0 atom stereocenters. The zero-order chi connectivity index (χ0) is 17.5. The molecule has 7 heteroatoms. The zero-order valence-electron chi connectivity index (χ0n) is 14.4. The molecule has 0 aliphatic heterocycles. The maximum absolute atomic E-state index is 13.9. The Kier molecular flexibility index (Phi) is 6.54. The summed E-state index contributed by atoms with van der Waals surface area (Å²) in [5.41, 5.74) is 1.86. The number of nitrogens with zero attached hydrogens (tertiary/aromatic N) is 2. The molecule has 0 aliphatic carbocycles. The van der Waals surface area contributed by atoms with E-state index in [1.165, 1.54) is 10.9 Å². The number of guanidine groups is 1. The third-order valence-electron chi connectivity index (χ3n) is 3.40. The summed E-state index contributed by atoms with van der Waals surface area (Å²) < 4.78 is 19.1. The average molecular weight is 350 g/mol. The van der Waals surface area contributed by atoms with Gasteiger partial charge in [0, 0.05) is 18.5 Å². The number of hydrogen-bond donors (Lipinski definition) is 2. The summed E-state index contributed by atoms with van der Waals surface area (Å²) in [6.07, 6.45) is 0. The van der Waals surface area contributed by atoms with Crippen LogP contribution in [0.3, 0.4) is 0 Å². The van der Waals surface area contributed by atoms with E-state index < -0.39 is 0 Å². The van der Waals surface area contributed by atoms with E-state index >= 15 is 0 Å². The molecule has 0 saturated carbocycles. The zero-order valence-corrected chi connectivity index (χ0v) is 15.3. The lowest BCUT2D eigenvalue weighted by atomic mass is 10.2. The second-order valence-corrected chi connectivity index (χ2v) is 6.51. The van der Waals surface area contributed by atoms with Gasteiger partial charge in [0.2, 0.25) is 0 Å². The number of thiazole rings is 1. The van der Waals surface area contributed by atoms with Crippen LogP contribution in [0.15, 0.2) is 23.2 Å². The molecule has 0 unspecified atom stereocenters. The molecule has 5 nitrogen and oxygen atoms in total. The fraction of sp³-hybridized carbons (Fsp3) is 0.412. The Labute approximate surface area is 146 Å². The lowest BCUT2D eigenvalue weighted by Crippen LogP contribution is -2.36. The molecule has 0 fully saturated rings. The van der Waals surface area contributed by atoms with E-state index in [2.05, 4.69) is 20.6 Å². The first-order chi connectivity index (χ1) is 11.5. The average Bonchev–Trinajstić information content (AvgIpc) is 2.88. The van der Waals surface area contributed by atoms with Crippen molar-refractivity contribution in [3.8, 4) is 5.75 Å². The van der Waals surface area contributed by atoms with Gasteiger partial charge in [-0.2, -0.15) is 0 Å². The monoisotopic (exact) mass is 350 g/mol. The second kappa shape index (κ2) is 8.63. The normalized spacial score (nSPS) is 11.5. The maximum Gasteiger partial charge on any atom is 0.191 e. The third kappa shape index (κ3) is 4.92. The fourth-order valence-electron chi connectivity index (χ4n) is 2.23. The van der Waals surface area contributed by atoms with Gasteiger partial charge < -0.3 is 15.4 Å². The quantitative estimate of drug-likeness (QED) is 0.621. The van der Waals surface area contributed by atoms with Gasteiger partial charge in [-0.15, -0.1) is 11.3 Å². The first-order valence-electron chi connectivity index (χ1n) is 7.82. The molecule has 1 heterocycles. The molecule has 0 amide bonds. The highest BCUT2D eigenvalue weighted by Gasteiger charge is 2.07. The smallest absolute Gasteiger partial charge is 0.191 e. The second-order valence-electron chi connectivity index (χ2n) is 5.22. The van der Waals surface area contributed by atoms with Crippen LogP contribution in [0.5, 0.6) is 5.75 Å². The molecule has 24 heavy (non-hydrogen) atoms. The van der Waals surface area contributed by atoms with Crippen LogP contribution < -0.4 is 15.4 Å². The van der Waals surface area contributed by atoms with Gasteiger partial charge in [-0.05, 0) is 38.5 Å². The third-order valence-corrected chi connectivity index (χ3v) is 4.47. The first-order valence-corrected chi connectivity index (χ1v) is 8.63. The lowest BCUT2D eigenvalue weighted by molar-refractivity contribution is 0.321. The highest BCUT2D eigenvalue weighted by atomic mass is 32.1. The van der Waals surface area contributed by atoms with Crippen LogP contribution in [-0.2, 0) is 13.1 Å². The number of aromatic nitrogens is 1. The van der Waals surface area contributed by atoms with Crippen molar-refractivity contribution < 1.29 is 9.13 Å². The van der Waals surface area contributed by atoms with E-state index in [1.807, 2.05) is 26.8 Å². The summed E-state index contributed by atoms with van der Waals surface area (Å²) in [5, 5.41) is 7.48. The molecular weight excluding hydrogens is 327 g/mol. The van der Waals surface area contributed by atoms with Gasteiger partial charge in [0.05, 0.1) is 23.9 Å². The summed E-state index contributed by atoms with van der Waals surface area (Å²) in [4.78, 5) is 9.77. The van der Waals surface area contributed by atoms with Gasteiger partial charge in [-0.1, -0.05) is 6.07 Å². The largest absolute Gasteiger partial charge is 0.491 e. The number of nitrogens with one attached hydrogen (secondary N) is 2. The van der Waals surface area contributed by atoms with Gasteiger partial charge >= 0.3 is 0 Å². The molecule has 0 saturated heterocycles. The molecule has 2 N–H and O–H groups in total. The highest BCUT2D eigenvalue weighted by Crippen LogP contribution is 2.18. The van der Waals surface area contributed by atoms with Crippen LogP contribution >= 0.6 is 11.3 Å². The van der Waals surface area contributed by atoms with Gasteiger partial charge in [0.1, 0.15) is 0 Å². The minimum absolute atomic E-state index is 0.278. The lowest BCUT2D eigenvalue weighted by Gasteiger charge is -2.12. The van der Waals surface area contributed by atoms with Gasteiger partial charge in [-0.25, -0.2) is 9.37 Å². The molecule has 0 radical (unpaired) electrons. The molecule has 130 valence electrons. The van der Waals surface area contributed by atoms with Crippen molar-refractivity contribution in [3.63, 3.8) is 0 Å². The van der Waals surface area contributed by atoms with Crippen molar-refractivity contribution in [1.29, 1.82) is 0 Å². The van der Waals surface area contributed by atoms with Gasteiger partial charge in [0.25, 0.3) is 0 Å². The van der Waals surface area contributed by atoms with Crippen molar-refractivity contribution in [2.75, 3.05) is 13.7 Å². The number of rotatable bonds is 6. The predicted octanol–water partition coefficient (Wildman–Crippen LogP) is 3.16. The molecular formula is C17H23FN4OS. The summed E-state index contributed by atoms with van der Waals surface area (Å²) in [7, 11) is 1.71. The topological polar surface area (TPSA) is 58.5 Å². The number of aliphatic imine (C=N–C) groups is 1. The molecule has 1 aromatic heterocycles. The Hall–Kier alpha value is -2.15. The Morgan fingerprint density at radius 1 is 1.29 bits per heavy atom. The molecule has 2 aromatic rings. The summed E-state index contributed by atoms with van der Waals surface area (Å²) >= 11 is 1.67. The molecule has 0 aliphatic rings. The van der Waals surface area contributed by atoms with Crippen molar-refractivity contribution in [2.45, 2.75) is 33.9 Å². The van der Waals surface area contributed by atoms with E-state index in [1.54, 1.807) is 24.5 Å². The molecule has 1 aromatic carbocycles. The van der Waals surface area contributed by atoms with Crippen LogP contribution in [0.1, 0.15) is 28.1 Å². The number of hydrogen-bond acceptors (Lipinski definition) is 4. The minimum Gasteiger partial charge on any atom is -0.491 e. The standard InChI is InChI=1S/C17H23FN4OS/c1-5-23-15-7-6-13(8-14(15)18)9-20-17(19-4)21-10-16-11(2)22-12(3)24-16/h6-8H,5,9-10H2,1-4H3,(H2,19,20,21). The van der Waals surface area contributed by atoms with Crippen LogP contribution in [0.4, 0.5) is 4.39 Å². The molecule has 0 bridgehead atoms. The molecule has 0 spiro atoms. The summed E-state index contributed by atoms with van der Waals surface area (Å²) in [6.45, 7) is 7.41. The first kappa shape index (κ1) is 18.2. The van der Waals surface area contributed by atoms with Crippen LogP contribution in [-0.4, -0.2) is 24.6 Å². The minimum atomic E-state index is -0.352. The van der Waals surface area contributed by atoms with E-state index in [-0.39, 0.29) is 11.6 Å². The van der Waals surface area contributed by atoms with Gasteiger partial charge in [0.15, 0.2) is 17.5 Å². The van der Waals surface area contributed by atoms with Crippen LogP contribution in [0, 0.1) is 19.7 Å². The number of halogens is 1. The SMILES string of the molecule is CCOc1ccc(CNC(=NC)NCc2sc(C)nc2C)cc1F. The fourth-order valence-corrected chi connectivity index (χ4v) is 3.11. The van der Waals surface area contributed by atoms with Gasteiger partial charge in [-0.3, -0.25) is 4.99 Å². The van der Waals surface area contributed by atoms with Crippen LogP contribution in [0.25, 0.3) is 0 Å². The van der Waals surface area contributed by atoms with E-state index in [4.69, 9.17) is 4.74 Å².